The van der Waals surface area contributed by atoms with Crippen LogP contribution in [0.3, 0.4) is 0 Å². The minimum absolute atomic E-state index is 0.0457. The van der Waals surface area contributed by atoms with E-state index in [9.17, 15) is 23.6 Å². The number of amides is 3. The van der Waals surface area contributed by atoms with Gasteiger partial charge in [-0.1, -0.05) is 30.3 Å². The highest BCUT2D eigenvalue weighted by Gasteiger charge is 2.70. The van der Waals surface area contributed by atoms with Crippen LogP contribution in [0.4, 0.5) is 10.1 Å². The summed E-state index contributed by atoms with van der Waals surface area (Å²) in [4.78, 5) is 52.5. The van der Waals surface area contributed by atoms with Gasteiger partial charge in [0, 0.05) is 23.7 Å². The molecule has 3 aliphatic heterocycles. The maximum Gasteiger partial charge on any atom is 0.303 e. The Bertz CT molecular complexity index is 1150. The molecule has 1 spiro atoms. The summed E-state index contributed by atoms with van der Waals surface area (Å²) in [5.41, 5.74) is 0.255. The van der Waals surface area contributed by atoms with Crippen molar-refractivity contribution in [2.75, 3.05) is 5.32 Å². The van der Waals surface area contributed by atoms with Crippen LogP contribution in [-0.2, 0) is 31.3 Å². The predicted molar refractivity (Wildman–Crippen MR) is 109 cm³/mol. The van der Waals surface area contributed by atoms with E-state index in [1.165, 1.54) is 24.3 Å². The number of aliphatic carboxylic acids is 1. The molecule has 3 amide bonds. The van der Waals surface area contributed by atoms with Gasteiger partial charge in [0.25, 0.3) is 0 Å². The van der Waals surface area contributed by atoms with Crippen molar-refractivity contribution < 1.29 is 28.7 Å². The Morgan fingerprint density at radius 3 is 2.50 bits per heavy atom. The van der Waals surface area contributed by atoms with Crippen molar-refractivity contribution in [3.8, 4) is 0 Å². The van der Waals surface area contributed by atoms with Crippen LogP contribution in [0.5, 0.6) is 0 Å². The van der Waals surface area contributed by atoms with Gasteiger partial charge in [-0.05, 0) is 30.2 Å². The third-order valence-electron chi connectivity index (χ3n) is 6.64. The number of hydrogen-bond acceptors (Lipinski definition) is 5. The minimum Gasteiger partial charge on any atom is -0.481 e. The fraction of sp³-hybridized carbons (Fsp3) is 0.304. The highest BCUT2D eigenvalue weighted by molar-refractivity contribution is 6.15. The number of carbonyl (C=O) groups is 4. The van der Waals surface area contributed by atoms with Crippen molar-refractivity contribution >= 4 is 29.4 Å². The number of imide groups is 1. The molecule has 3 heterocycles. The number of benzene rings is 2. The van der Waals surface area contributed by atoms with Gasteiger partial charge in [0.1, 0.15) is 11.4 Å². The second kappa shape index (κ2) is 7.23. The first-order chi connectivity index (χ1) is 15.3. The maximum absolute atomic E-state index is 13.6. The molecule has 4 atom stereocenters. The average molecular weight is 437 g/mol. The molecule has 3 N–H and O–H groups in total. The zero-order valence-corrected chi connectivity index (χ0v) is 16.9. The van der Waals surface area contributed by atoms with Crippen LogP contribution in [0, 0.1) is 17.7 Å². The van der Waals surface area contributed by atoms with Gasteiger partial charge in [-0.15, -0.1) is 0 Å². The first-order valence-electron chi connectivity index (χ1n) is 10.3. The zero-order valence-electron chi connectivity index (χ0n) is 16.9. The number of anilines is 1. The maximum atomic E-state index is 13.6. The fourth-order valence-electron chi connectivity index (χ4n) is 5.27. The molecule has 0 bridgehead atoms. The monoisotopic (exact) mass is 437 g/mol. The number of halogens is 1. The molecule has 0 saturated carbocycles. The topological polar surface area (TPSA) is 116 Å². The second-order valence-electron chi connectivity index (χ2n) is 8.38. The first kappa shape index (κ1) is 20.3. The zero-order chi connectivity index (χ0) is 22.6. The number of carboxylic acid groups (broad SMARTS) is 1. The van der Waals surface area contributed by atoms with Gasteiger partial charge in [-0.25, -0.2) is 4.39 Å². The lowest BCUT2D eigenvalue weighted by molar-refractivity contribution is -0.144. The van der Waals surface area contributed by atoms with Crippen molar-refractivity contribution in [1.29, 1.82) is 0 Å². The van der Waals surface area contributed by atoms with Gasteiger partial charge in [0.05, 0.1) is 18.4 Å². The Morgan fingerprint density at radius 2 is 1.78 bits per heavy atom. The average Bonchev–Trinajstić information content (AvgIpc) is 3.34. The van der Waals surface area contributed by atoms with E-state index < -0.39 is 52.9 Å². The van der Waals surface area contributed by atoms with E-state index >= 15 is 0 Å². The van der Waals surface area contributed by atoms with E-state index in [0.717, 1.165) is 4.90 Å². The number of nitrogens with zero attached hydrogens (tertiary/aromatic N) is 1. The normalized spacial score (nSPS) is 28.2. The lowest BCUT2D eigenvalue weighted by Crippen LogP contribution is -2.53. The molecule has 2 fully saturated rings. The number of likely N-dealkylation sites (tertiary alicyclic amines) is 1. The Balaban J connectivity index is 1.56. The van der Waals surface area contributed by atoms with Gasteiger partial charge in [0.2, 0.25) is 17.7 Å². The molecule has 5 rings (SSSR count). The molecule has 0 aromatic heterocycles. The van der Waals surface area contributed by atoms with E-state index in [4.69, 9.17) is 5.11 Å². The summed E-state index contributed by atoms with van der Waals surface area (Å²) in [6.07, 6.45) is -0.114. The SMILES string of the molecule is O=C(O)CCC1NC2(C(=O)Nc3ccccc32)[C@@H]2C(=O)N(Cc3ccc(F)cc3)C(=O)[C@H]12. The largest absolute Gasteiger partial charge is 0.481 e. The van der Waals surface area contributed by atoms with Crippen molar-refractivity contribution in [3.63, 3.8) is 0 Å². The van der Waals surface area contributed by atoms with Crippen LogP contribution in [0.2, 0.25) is 0 Å². The van der Waals surface area contributed by atoms with Crippen LogP contribution in [0.1, 0.15) is 24.0 Å². The number of nitrogens with one attached hydrogen (secondary N) is 2. The highest BCUT2D eigenvalue weighted by Crippen LogP contribution is 2.53. The third kappa shape index (κ3) is 2.85. The molecule has 0 radical (unpaired) electrons. The number of carbonyl (C=O) groups excluding carboxylic acids is 3. The molecular formula is C23H20FN3O5. The van der Waals surface area contributed by atoms with Crippen LogP contribution in [0.25, 0.3) is 0 Å². The van der Waals surface area contributed by atoms with E-state index in [1.807, 2.05) is 0 Å². The van der Waals surface area contributed by atoms with Crippen molar-refractivity contribution in [3.05, 3.63) is 65.5 Å². The fourth-order valence-corrected chi connectivity index (χ4v) is 5.27. The lowest BCUT2D eigenvalue weighted by atomic mass is 9.76. The highest BCUT2D eigenvalue weighted by atomic mass is 19.1. The number of hydrogen-bond donors (Lipinski definition) is 3. The van der Waals surface area contributed by atoms with Crippen molar-refractivity contribution in [2.45, 2.75) is 31.0 Å². The summed E-state index contributed by atoms with van der Waals surface area (Å²) in [6.45, 7) is -0.0457. The van der Waals surface area contributed by atoms with E-state index in [2.05, 4.69) is 10.6 Å². The summed E-state index contributed by atoms with van der Waals surface area (Å²) in [6, 6.07) is 11.8. The number of para-hydroxylation sites is 1. The number of carboxylic acids is 1. The van der Waals surface area contributed by atoms with Gasteiger partial charge in [0.15, 0.2) is 0 Å². The molecular weight excluding hydrogens is 417 g/mol. The molecule has 2 aromatic rings. The van der Waals surface area contributed by atoms with Gasteiger partial charge >= 0.3 is 5.97 Å². The van der Waals surface area contributed by atoms with E-state index in [-0.39, 0.29) is 19.4 Å². The molecule has 9 heteroatoms. The predicted octanol–water partition coefficient (Wildman–Crippen LogP) is 1.61. The standard InChI is InChI=1S/C23H20FN3O5/c24-13-7-5-12(6-8-13)11-27-20(30)18-16(9-10-17(28)29)26-23(19(18)21(27)31)14-3-1-2-4-15(14)25-22(23)32/h1-8,16,18-19,26H,9-11H2,(H,25,32)(H,28,29)/t16?,18-,19+,23?/m1/s1. The first-order valence-corrected chi connectivity index (χ1v) is 10.3. The Hall–Kier alpha value is -3.59. The van der Waals surface area contributed by atoms with Crippen LogP contribution < -0.4 is 10.6 Å². The number of rotatable bonds is 5. The van der Waals surface area contributed by atoms with E-state index in [0.29, 0.717) is 16.8 Å². The molecule has 8 nitrogen and oxygen atoms in total. The molecule has 164 valence electrons. The molecule has 2 aromatic carbocycles. The summed E-state index contributed by atoms with van der Waals surface area (Å²) >= 11 is 0. The quantitative estimate of drug-likeness (QED) is 0.612. The summed E-state index contributed by atoms with van der Waals surface area (Å²) in [5.74, 6) is -4.72. The van der Waals surface area contributed by atoms with Crippen LogP contribution in [0.15, 0.2) is 48.5 Å². The Labute approximate surface area is 182 Å². The van der Waals surface area contributed by atoms with Gasteiger partial charge < -0.3 is 10.4 Å². The second-order valence-corrected chi connectivity index (χ2v) is 8.38. The minimum atomic E-state index is -1.45. The molecule has 2 saturated heterocycles. The smallest absolute Gasteiger partial charge is 0.303 e. The molecule has 3 aliphatic rings. The van der Waals surface area contributed by atoms with Gasteiger partial charge in [-0.3, -0.25) is 29.4 Å². The summed E-state index contributed by atoms with van der Waals surface area (Å²) in [5, 5.41) is 15.2. The Kier molecular flexibility index (Phi) is 4.59. The van der Waals surface area contributed by atoms with Gasteiger partial charge in [-0.2, -0.15) is 0 Å². The van der Waals surface area contributed by atoms with Crippen molar-refractivity contribution in [2.24, 2.45) is 11.8 Å². The number of fused-ring (bicyclic) bond motifs is 4. The summed E-state index contributed by atoms with van der Waals surface area (Å²) < 4.78 is 13.3. The Morgan fingerprint density at radius 1 is 1.06 bits per heavy atom. The van der Waals surface area contributed by atoms with Crippen molar-refractivity contribution in [1.82, 2.24) is 10.2 Å². The van der Waals surface area contributed by atoms with Crippen LogP contribution >= 0.6 is 0 Å². The molecule has 2 unspecified atom stereocenters. The van der Waals surface area contributed by atoms with Crippen LogP contribution in [-0.4, -0.2) is 39.7 Å². The molecule has 0 aliphatic carbocycles. The van der Waals surface area contributed by atoms with E-state index in [1.54, 1.807) is 24.3 Å². The third-order valence-corrected chi connectivity index (χ3v) is 6.64. The summed E-state index contributed by atoms with van der Waals surface area (Å²) in [7, 11) is 0. The molecule has 32 heavy (non-hydrogen) atoms. The lowest BCUT2D eigenvalue weighted by Gasteiger charge is -2.29.